The van der Waals surface area contributed by atoms with Gasteiger partial charge in [-0.05, 0) is 18.2 Å². The number of rotatable bonds is 8. The third kappa shape index (κ3) is 5.88. The van der Waals surface area contributed by atoms with Crippen LogP contribution in [-0.2, 0) is 19.1 Å². The Balaban J connectivity index is 1.61. The van der Waals surface area contributed by atoms with Crippen LogP contribution in [0.1, 0.15) is 6.42 Å². The zero-order chi connectivity index (χ0) is 28.4. The lowest BCUT2D eigenvalue weighted by Crippen LogP contribution is -2.60. The molecule has 2 aromatic carbocycles. The number of aliphatic hydroxyl groups excluding tert-OH is 3. The highest BCUT2D eigenvalue weighted by Crippen LogP contribution is 2.35. The average molecular weight is 548 g/mol. The van der Waals surface area contributed by atoms with E-state index in [1.807, 2.05) is 0 Å². The fourth-order valence-electron chi connectivity index (χ4n) is 3.92. The predicted octanol–water partition coefficient (Wildman–Crippen LogP) is 0.0841. The van der Waals surface area contributed by atoms with Crippen LogP contribution in [0.25, 0.3) is 22.3 Å². The molecule has 0 saturated carbocycles. The lowest BCUT2D eigenvalue weighted by molar-refractivity contribution is -0.278. The fourth-order valence-corrected chi connectivity index (χ4v) is 3.92. The number of carbonyl (C=O) groups excluding carboxylic acids is 1. The van der Waals surface area contributed by atoms with Gasteiger partial charge in [0, 0.05) is 23.8 Å². The zero-order valence-electron chi connectivity index (χ0n) is 20.2. The number of carboxylic acids is 1. The van der Waals surface area contributed by atoms with Gasteiger partial charge in [0.2, 0.25) is 6.29 Å². The first-order valence-electron chi connectivity index (χ1n) is 11.4. The van der Waals surface area contributed by atoms with Gasteiger partial charge in [0.1, 0.15) is 65.7 Å². The van der Waals surface area contributed by atoms with Crippen LogP contribution >= 0.6 is 0 Å². The van der Waals surface area contributed by atoms with Gasteiger partial charge >= 0.3 is 11.9 Å². The highest BCUT2D eigenvalue weighted by atomic mass is 16.7. The van der Waals surface area contributed by atoms with Crippen molar-refractivity contribution >= 4 is 22.9 Å². The molecule has 0 unspecified atom stereocenters. The first-order chi connectivity index (χ1) is 18.5. The molecule has 4 rings (SSSR count). The van der Waals surface area contributed by atoms with E-state index >= 15 is 0 Å². The number of carboxylic acid groups (broad SMARTS) is 1. The van der Waals surface area contributed by atoms with Crippen molar-refractivity contribution in [1.82, 2.24) is 0 Å². The highest BCUT2D eigenvalue weighted by Gasteiger charge is 2.45. The van der Waals surface area contributed by atoms with Gasteiger partial charge in [0.15, 0.2) is 16.9 Å². The van der Waals surface area contributed by atoms with Crippen molar-refractivity contribution < 1.29 is 63.6 Å². The Hall–Kier alpha value is -4.37. The Morgan fingerprint density at radius 3 is 2.41 bits per heavy atom. The number of hydrogen-bond acceptors (Lipinski definition) is 13. The second-order valence-corrected chi connectivity index (χ2v) is 8.56. The number of aliphatic hydroxyl groups is 3. The smallest absolute Gasteiger partial charge is 0.317 e. The second kappa shape index (κ2) is 11.2. The van der Waals surface area contributed by atoms with Gasteiger partial charge in [0.05, 0.1) is 7.11 Å². The van der Waals surface area contributed by atoms with Crippen molar-refractivity contribution in [2.45, 2.75) is 37.1 Å². The largest absolute Gasteiger partial charge is 0.507 e. The maximum absolute atomic E-state index is 12.7. The molecule has 3 aromatic rings. The number of benzene rings is 2. The SMILES string of the molecule is COc1cc(-c2cc(=O)c3c(O)cc(O[C@@H]4O[C@H](COC(=O)CC(=O)O)[C@@H](O)[C@H](O)[C@H]4O)cc3o2)ccc1O. The Morgan fingerprint density at radius 1 is 0.974 bits per heavy atom. The van der Waals surface area contributed by atoms with Crippen LogP contribution in [0.2, 0.25) is 0 Å². The van der Waals surface area contributed by atoms with Gasteiger partial charge in [-0.15, -0.1) is 0 Å². The molecule has 6 N–H and O–H groups in total. The zero-order valence-corrected chi connectivity index (χ0v) is 20.2. The Bertz CT molecular complexity index is 1450. The Kier molecular flexibility index (Phi) is 7.92. The van der Waals surface area contributed by atoms with Crippen molar-refractivity contribution in [3.8, 4) is 34.3 Å². The number of esters is 1. The summed E-state index contributed by atoms with van der Waals surface area (Å²) in [4.78, 5) is 34.9. The lowest BCUT2D eigenvalue weighted by atomic mass is 9.99. The van der Waals surface area contributed by atoms with E-state index in [9.17, 15) is 39.9 Å². The molecule has 1 fully saturated rings. The Morgan fingerprint density at radius 2 is 1.72 bits per heavy atom. The topological polar surface area (TPSA) is 223 Å². The maximum atomic E-state index is 12.7. The molecule has 1 aliphatic heterocycles. The van der Waals surface area contributed by atoms with Crippen molar-refractivity contribution in [2.75, 3.05) is 13.7 Å². The molecule has 14 nitrogen and oxygen atoms in total. The van der Waals surface area contributed by atoms with Crippen molar-refractivity contribution in [3.05, 3.63) is 46.6 Å². The van der Waals surface area contributed by atoms with E-state index in [2.05, 4.69) is 0 Å². The minimum atomic E-state index is -1.81. The third-order valence-corrected chi connectivity index (χ3v) is 5.87. The maximum Gasteiger partial charge on any atom is 0.317 e. The minimum absolute atomic E-state index is 0.0677. The summed E-state index contributed by atoms with van der Waals surface area (Å²) in [5, 5.41) is 59.6. The molecule has 0 amide bonds. The predicted molar refractivity (Wildman–Crippen MR) is 128 cm³/mol. The first kappa shape index (κ1) is 27.7. The van der Waals surface area contributed by atoms with Crippen LogP contribution in [0.5, 0.6) is 23.0 Å². The van der Waals surface area contributed by atoms with Crippen molar-refractivity contribution in [3.63, 3.8) is 0 Å². The summed E-state index contributed by atoms with van der Waals surface area (Å²) in [7, 11) is 1.35. The van der Waals surface area contributed by atoms with E-state index in [-0.39, 0.29) is 34.0 Å². The summed E-state index contributed by atoms with van der Waals surface area (Å²) in [5.74, 6) is -3.19. The van der Waals surface area contributed by atoms with E-state index in [4.69, 9.17) is 28.5 Å². The second-order valence-electron chi connectivity index (χ2n) is 8.56. The summed E-state index contributed by atoms with van der Waals surface area (Å²) in [6.45, 7) is -0.659. The molecule has 208 valence electrons. The fraction of sp³-hybridized carbons (Fsp3) is 0.320. The molecule has 1 aromatic heterocycles. The van der Waals surface area contributed by atoms with E-state index in [1.54, 1.807) is 0 Å². The van der Waals surface area contributed by atoms with Crippen molar-refractivity contribution in [2.24, 2.45) is 0 Å². The molecule has 5 atom stereocenters. The molecule has 14 heteroatoms. The van der Waals surface area contributed by atoms with Crippen molar-refractivity contribution in [1.29, 1.82) is 0 Å². The number of ether oxygens (including phenoxy) is 4. The van der Waals surface area contributed by atoms with Crippen LogP contribution < -0.4 is 14.9 Å². The number of aromatic hydroxyl groups is 2. The van der Waals surface area contributed by atoms with E-state index < -0.39 is 66.9 Å². The number of aliphatic carboxylic acids is 1. The van der Waals surface area contributed by atoms with Gasteiger partial charge in [-0.3, -0.25) is 14.4 Å². The number of methoxy groups -OCH3 is 1. The van der Waals surface area contributed by atoms with Crippen LogP contribution in [0, 0.1) is 0 Å². The van der Waals surface area contributed by atoms with Crippen LogP contribution in [0.3, 0.4) is 0 Å². The molecule has 0 bridgehead atoms. The molecule has 0 radical (unpaired) electrons. The van der Waals surface area contributed by atoms with E-state index in [0.717, 1.165) is 12.1 Å². The summed E-state index contributed by atoms with van der Waals surface area (Å²) >= 11 is 0. The van der Waals surface area contributed by atoms with E-state index in [0.29, 0.717) is 5.56 Å². The van der Waals surface area contributed by atoms with Gasteiger partial charge < -0.3 is 54.0 Å². The quantitative estimate of drug-likeness (QED) is 0.162. The average Bonchev–Trinajstić information content (AvgIpc) is 2.87. The normalized spacial score (nSPS) is 22.8. The number of phenolic OH excluding ortho intramolecular Hbond substituents is 2. The molecule has 1 saturated heterocycles. The minimum Gasteiger partial charge on any atom is -0.507 e. The summed E-state index contributed by atoms with van der Waals surface area (Å²) in [5.41, 5.74) is -0.347. The molecule has 1 aliphatic rings. The number of hydrogen-bond donors (Lipinski definition) is 6. The van der Waals surface area contributed by atoms with Gasteiger partial charge in [0.25, 0.3) is 0 Å². The molecular weight excluding hydrogens is 524 g/mol. The van der Waals surface area contributed by atoms with Gasteiger partial charge in [-0.1, -0.05) is 0 Å². The number of carbonyl (C=O) groups is 2. The number of fused-ring (bicyclic) bond motifs is 1. The highest BCUT2D eigenvalue weighted by molar-refractivity contribution is 5.90. The first-order valence-corrected chi connectivity index (χ1v) is 11.4. The van der Waals surface area contributed by atoms with Crippen LogP contribution in [0.4, 0.5) is 0 Å². The molecule has 0 spiro atoms. The van der Waals surface area contributed by atoms with Gasteiger partial charge in [-0.25, -0.2) is 0 Å². The Labute approximate surface area is 218 Å². The molecular formula is C25H24O14. The molecule has 2 heterocycles. The van der Waals surface area contributed by atoms with E-state index in [1.165, 1.54) is 31.4 Å². The monoisotopic (exact) mass is 548 g/mol. The van der Waals surface area contributed by atoms with Gasteiger partial charge in [-0.2, -0.15) is 0 Å². The third-order valence-electron chi connectivity index (χ3n) is 5.87. The summed E-state index contributed by atoms with van der Waals surface area (Å²) in [6.07, 6.45) is -9.32. The van der Waals surface area contributed by atoms with Crippen LogP contribution in [-0.4, -0.2) is 87.0 Å². The molecule has 0 aliphatic carbocycles. The lowest BCUT2D eigenvalue weighted by Gasteiger charge is -2.39. The number of phenols is 2. The molecule has 39 heavy (non-hydrogen) atoms. The van der Waals surface area contributed by atoms with Crippen LogP contribution in [0.15, 0.2) is 45.6 Å². The summed E-state index contributed by atoms with van der Waals surface area (Å²) < 4.78 is 26.6. The summed E-state index contributed by atoms with van der Waals surface area (Å²) in [6, 6.07) is 7.64. The standard InChI is InChI=1S/C25H24O14/c1-35-16-4-10(2-3-12(16)26)15-7-14(28)21-13(27)5-11(6-17(21)38-15)37-25-24(34)23(33)22(32)18(39-25)9-36-20(31)8-19(29)30/h2-7,18,22-27,32-34H,8-9H2,1H3,(H,29,30)/t18-,22-,23+,24-,25-/m1/s1.